The Balaban J connectivity index is 2.27. The molecule has 0 heterocycles. The van der Waals surface area contributed by atoms with Crippen molar-refractivity contribution in [3.8, 4) is 5.75 Å². The molecule has 2 aromatic rings. The fourth-order valence-corrected chi connectivity index (χ4v) is 1.78. The van der Waals surface area contributed by atoms with Gasteiger partial charge in [0.1, 0.15) is 5.75 Å². The molecule has 0 fully saturated rings. The van der Waals surface area contributed by atoms with Crippen LogP contribution in [0.3, 0.4) is 0 Å². The van der Waals surface area contributed by atoms with Crippen LogP contribution in [-0.2, 0) is 6.42 Å². The molecule has 0 atom stereocenters. The lowest BCUT2D eigenvalue weighted by Gasteiger charge is -2.08. The van der Waals surface area contributed by atoms with Crippen LogP contribution in [-0.4, -0.2) is 7.11 Å². The monoisotopic (exact) mass is 212 g/mol. The summed E-state index contributed by atoms with van der Waals surface area (Å²) in [5, 5.41) is 0. The first-order valence-electron chi connectivity index (χ1n) is 5.47. The van der Waals surface area contributed by atoms with Crippen LogP contribution < -0.4 is 4.74 Å². The first-order valence-corrected chi connectivity index (χ1v) is 5.47. The maximum atomic E-state index is 5.25. The Bertz CT molecular complexity index is 460. The van der Waals surface area contributed by atoms with E-state index >= 15 is 0 Å². The van der Waals surface area contributed by atoms with Crippen molar-refractivity contribution in [3.05, 3.63) is 65.2 Å². The number of ether oxygens (including phenoxy) is 1. The fourth-order valence-electron chi connectivity index (χ4n) is 1.78. The van der Waals surface area contributed by atoms with E-state index in [1.807, 2.05) is 12.1 Å². The van der Waals surface area contributed by atoms with Crippen molar-refractivity contribution in [2.45, 2.75) is 13.3 Å². The van der Waals surface area contributed by atoms with Crippen LogP contribution >= 0.6 is 0 Å². The molecule has 0 saturated heterocycles. The summed E-state index contributed by atoms with van der Waals surface area (Å²) >= 11 is 0. The van der Waals surface area contributed by atoms with E-state index in [2.05, 4.69) is 43.3 Å². The van der Waals surface area contributed by atoms with Gasteiger partial charge in [-0.05, 0) is 42.2 Å². The first kappa shape index (κ1) is 10.7. The highest BCUT2D eigenvalue weighted by molar-refractivity contribution is 5.38. The van der Waals surface area contributed by atoms with Crippen molar-refractivity contribution in [2.24, 2.45) is 0 Å². The molecule has 2 rings (SSSR count). The van der Waals surface area contributed by atoms with Gasteiger partial charge >= 0.3 is 0 Å². The van der Waals surface area contributed by atoms with E-state index in [-0.39, 0.29) is 0 Å². The molecule has 82 valence electrons. The van der Waals surface area contributed by atoms with Crippen LogP contribution in [0.25, 0.3) is 0 Å². The van der Waals surface area contributed by atoms with E-state index in [4.69, 9.17) is 4.74 Å². The third-order valence-electron chi connectivity index (χ3n) is 2.79. The summed E-state index contributed by atoms with van der Waals surface area (Å²) in [5.74, 6) is 0.927. The van der Waals surface area contributed by atoms with Gasteiger partial charge in [-0.25, -0.2) is 0 Å². The van der Waals surface area contributed by atoms with Gasteiger partial charge in [-0.2, -0.15) is 0 Å². The van der Waals surface area contributed by atoms with Crippen molar-refractivity contribution in [2.75, 3.05) is 7.11 Å². The van der Waals surface area contributed by atoms with Crippen LogP contribution in [0.15, 0.2) is 48.5 Å². The molecule has 1 heteroatoms. The summed E-state index contributed by atoms with van der Waals surface area (Å²) in [6, 6.07) is 16.7. The second-order valence-electron chi connectivity index (χ2n) is 3.95. The number of methoxy groups -OCH3 is 1. The summed E-state index contributed by atoms with van der Waals surface area (Å²) in [6.45, 7) is 2.14. The SMILES string of the molecule is COc1ccc(C)c(Cc2ccccc2)c1. The molecule has 0 radical (unpaired) electrons. The third-order valence-corrected chi connectivity index (χ3v) is 2.79. The Hall–Kier alpha value is -1.76. The van der Waals surface area contributed by atoms with Crippen LogP contribution in [0, 0.1) is 6.92 Å². The smallest absolute Gasteiger partial charge is 0.119 e. The predicted octanol–water partition coefficient (Wildman–Crippen LogP) is 3.59. The van der Waals surface area contributed by atoms with E-state index in [0.29, 0.717) is 0 Å². The third kappa shape index (κ3) is 2.43. The predicted molar refractivity (Wildman–Crippen MR) is 67.0 cm³/mol. The first-order chi connectivity index (χ1) is 7.79. The molecule has 0 N–H and O–H groups in total. The minimum atomic E-state index is 0.927. The largest absolute Gasteiger partial charge is 0.497 e. The quantitative estimate of drug-likeness (QED) is 0.755. The van der Waals surface area contributed by atoms with Crippen molar-refractivity contribution in [3.63, 3.8) is 0 Å². The van der Waals surface area contributed by atoms with Gasteiger partial charge in [0.05, 0.1) is 7.11 Å². The van der Waals surface area contributed by atoms with Crippen LogP contribution in [0.5, 0.6) is 5.75 Å². The molecule has 0 bridgehead atoms. The lowest BCUT2D eigenvalue weighted by atomic mass is 10.0. The minimum absolute atomic E-state index is 0.927. The van der Waals surface area contributed by atoms with Crippen molar-refractivity contribution < 1.29 is 4.74 Å². The van der Waals surface area contributed by atoms with Crippen molar-refractivity contribution >= 4 is 0 Å². The van der Waals surface area contributed by atoms with Gasteiger partial charge in [0.15, 0.2) is 0 Å². The van der Waals surface area contributed by atoms with Crippen molar-refractivity contribution in [1.82, 2.24) is 0 Å². The Kier molecular flexibility index (Phi) is 3.25. The van der Waals surface area contributed by atoms with Gasteiger partial charge in [-0.15, -0.1) is 0 Å². The molecule has 0 spiro atoms. The number of hydrogen-bond donors (Lipinski definition) is 0. The van der Waals surface area contributed by atoms with E-state index < -0.39 is 0 Å². The molecule has 0 aliphatic heterocycles. The van der Waals surface area contributed by atoms with Crippen molar-refractivity contribution in [1.29, 1.82) is 0 Å². The standard InChI is InChI=1S/C15H16O/c1-12-8-9-15(16-2)11-14(12)10-13-6-4-3-5-7-13/h3-9,11H,10H2,1-2H3. The van der Waals surface area contributed by atoms with Gasteiger partial charge < -0.3 is 4.74 Å². The minimum Gasteiger partial charge on any atom is -0.497 e. The Morgan fingerprint density at radius 1 is 1.00 bits per heavy atom. The molecule has 16 heavy (non-hydrogen) atoms. The fraction of sp³-hybridized carbons (Fsp3) is 0.200. The maximum Gasteiger partial charge on any atom is 0.119 e. The Morgan fingerprint density at radius 2 is 1.75 bits per heavy atom. The molecule has 0 aliphatic carbocycles. The lowest BCUT2D eigenvalue weighted by molar-refractivity contribution is 0.414. The average Bonchev–Trinajstić information content (AvgIpc) is 2.33. The molecule has 2 aromatic carbocycles. The molecular weight excluding hydrogens is 196 g/mol. The van der Waals surface area contributed by atoms with Gasteiger partial charge in [-0.1, -0.05) is 36.4 Å². The second-order valence-corrected chi connectivity index (χ2v) is 3.95. The summed E-state index contributed by atoms with van der Waals surface area (Å²) in [6.07, 6.45) is 0.962. The summed E-state index contributed by atoms with van der Waals surface area (Å²) < 4.78 is 5.25. The van der Waals surface area contributed by atoms with Crippen LogP contribution in [0.1, 0.15) is 16.7 Å². The Morgan fingerprint density at radius 3 is 2.44 bits per heavy atom. The average molecular weight is 212 g/mol. The van der Waals surface area contributed by atoms with Gasteiger partial charge in [-0.3, -0.25) is 0 Å². The zero-order chi connectivity index (χ0) is 11.4. The van der Waals surface area contributed by atoms with E-state index in [0.717, 1.165) is 12.2 Å². The topological polar surface area (TPSA) is 9.23 Å². The highest BCUT2D eigenvalue weighted by atomic mass is 16.5. The summed E-state index contributed by atoms with van der Waals surface area (Å²) in [7, 11) is 1.71. The molecule has 0 saturated carbocycles. The molecule has 1 nitrogen and oxygen atoms in total. The summed E-state index contributed by atoms with van der Waals surface area (Å²) in [5.41, 5.74) is 3.97. The van der Waals surface area contributed by atoms with Gasteiger partial charge in [0, 0.05) is 0 Å². The van der Waals surface area contributed by atoms with E-state index in [9.17, 15) is 0 Å². The van der Waals surface area contributed by atoms with E-state index in [1.54, 1.807) is 7.11 Å². The zero-order valence-electron chi connectivity index (χ0n) is 9.73. The Labute approximate surface area is 96.7 Å². The highest BCUT2D eigenvalue weighted by Gasteiger charge is 2.01. The molecule has 0 amide bonds. The maximum absolute atomic E-state index is 5.25. The second kappa shape index (κ2) is 4.84. The van der Waals surface area contributed by atoms with Gasteiger partial charge in [0.2, 0.25) is 0 Å². The summed E-state index contributed by atoms with van der Waals surface area (Å²) in [4.78, 5) is 0. The highest BCUT2D eigenvalue weighted by Crippen LogP contribution is 2.19. The molecule has 0 aliphatic rings. The normalized spacial score (nSPS) is 10.1. The van der Waals surface area contributed by atoms with Crippen LogP contribution in [0.2, 0.25) is 0 Å². The van der Waals surface area contributed by atoms with Gasteiger partial charge in [0.25, 0.3) is 0 Å². The molecular formula is C15H16O. The zero-order valence-corrected chi connectivity index (χ0v) is 9.73. The molecule has 0 aromatic heterocycles. The van der Waals surface area contributed by atoms with E-state index in [1.165, 1.54) is 16.7 Å². The number of rotatable bonds is 3. The van der Waals surface area contributed by atoms with Crippen LogP contribution in [0.4, 0.5) is 0 Å². The number of benzene rings is 2. The number of aryl methyl sites for hydroxylation is 1. The lowest BCUT2D eigenvalue weighted by Crippen LogP contribution is -1.93. The molecule has 0 unspecified atom stereocenters. The number of hydrogen-bond acceptors (Lipinski definition) is 1.